The number of hydrogen-bond acceptors (Lipinski definition) is 1. The third-order valence-electron chi connectivity index (χ3n) is 3.97. The molecule has 22 heavy (non-hydrogen) atoms. The SMILES string of the molecule is O=C1C([Se]c2ccccc2)CCCCN1Cc1ccccc1. The molecule has 1 unspecified atom stereocenters. The van der Waals surface area contributed by atoms with Gasteiger partial charge in [-0.1, -0.05) is 0 Å². The van der Waals surface area contributed by atoms with Crippen molar-refractivity contribution >= 4 is 25.3 Å². The first-order valence-electron chi connectivity index (χ1n) is 7.87. The van der Waals surface area contributed by atoms with Crippen molar-refractivity contribution in [1.82, 2.24) is 4.90 Å². The molecule has 114 valence electrons. The average Bonchev–Trinajstić information content (AvgIpc) is 2.73. The third-order valence-corrected chi connectivity index (χ3v) is 6.63. The Morgan fingerprint density at radius 2 is 1.64 bits per heavy atom. The van der Waals surface area contributed by atoms with Gasteiger partial charge in [-0.05, 0) is 0 Å². The Bertz CT molecular complexity index is 546. The summed E-state index contributed by atoms with van der Waals surface area (Å²) in [4.78, 5) is 15.2. The van der Waals surface area contributed by atoms with Gasteiger partial charge < -0.3 is 0 Å². The molecular weight excluding hydrogens is 337 g/mol. The predicted molar refractivity (Wildman–Crippen MR) is 91.3 cm³/mol. The summed E-state index contributed by atoms with van der Waals surface area (Å²) in [6.45, 7) is 1.65. The standard InChI is InChI=1S/C19H21NOSe/c21-19-18(22-17-11-5-2-6-12-17)13-7-8-14-20(19)15-16-9-3-1-4-10-16/h1-6,9-12,18H,7-8,13-15H2. The van der Waals surface area contributed by atoms with E-state index in [1.807, 2.05) is 24.3 Å². The van der Waals surface area contributed by atoms with Gasteiger partial charge in [0.2, 0.25) is 0 Å². The molecule has 1 fully saturated rings. The molecule has 1 heterocycles. The zero-order valence-electron chi connectivity index (χ0n) is 12.7. The number of carbonyl (C=O) groups excluding carboxylic acids is 1. The summed E-state index contributed by atoms with van der Waals surface area (Å²) in [6.07, 6.45) is 3.33. The molecule has 1 amide bonds. The van der Waals surface area contributed by atoms with E-state index in [1.54, 1.807) is 0 Å². The molecule has 3 rings (SSSR count). The first kappa shape index (κ1) is 15.3. The molecule has 0 bridgehead atoms. The molecule has 0 aromatic heterocycles. The average molecular weight is 358 g/mol. The van der Waals surface area contributed by atoms with Crippen molar-refractivity contribution in [2.24, 2.45) is 0 Å². The van der Waals surface area contributed by atoms with E-state index in [0.29, 0.717) is 5.91 Å². The molecule has 3 heteroatoms. The maximum absolute atomic E-state index is 12.9. The van der Waals surface area contributed by atoms with Crippen LogP contribution in [-0.2, 0) is 11.3 Å². The zero-order valence-corrected chi connectivity index (χ0v) is 14.4. The Labute approximate surface area is 138 Å². The van der Waals surface area contributed by atoms with Crippen LogP contribution in [0.2, 0.25) is 4.82 Å². The van der Waals surface area contributed by atoms with Gasteiger partial charge >= 0.3 is 138 Å². The van der Waals surface area contributed by atoms with Crippen molar-refractivity contribution in [3.05, 3.63) is 66.2 Å². The van der Waals surface area contributed by atoms with Gasteiger partial charge in [0.15, 0.2) is 0 Å². The second kappa shape index (κ2) is 7.62. The molecule has 0 aliphatic carbocycles. The second-order valence-corrected chi connectivity index (χ2v) is 8.34. The molecule has 1 aliphatic heterocycles. The van der Waals surface area contributed by atoms with Crippen molar-refractivity contribution in [2.75, 3.05) is 6.54 Å². The second-order valence-electron chi connectivity index (χ2n) is 5.66. The van der Waals surface area contributed by atoms with E-state index in [2.05, 4.69) is 41.3 Å². The topological polar surface area (TPSA) is 20.3 Å². The van der Waals surface area contributed by atoms with Crippen LogP contribution in [0.5, 0.6) is 0 Å². The molecule has 0 spiro atoms. The first-order valence-corrected chi connectivity index (χ1v) is 9.72. The van der Waals surface area contributed by atoms with Gasteiger partial charge in [-0.2, -0.15) is 0 Å². The van der Waals surface area contributed by atoms with Gasteiger partial charge in [-0.15, -0.1) is 0 Å². The van der Waals surface area contributed by atoms with E-state index < -0.39 is 0 Å². The fourth-order valence-corrected chi connectivity index (χ4v) is 5.27. The summed E-state index contributed by atoms with van der Waals surface area (Å²) in [5.41, 5.74) is 1.23. The summed E-state index contributed by atoms with van der Waals surface area (Å²) >= 11 is 0.234. The number of likely N-dealkylation sites (tertiary alicyclic amines) is 1. The minimum absolute atomic E-state index is 0.195. The molecule has 1 atom stereocenters. The summed E-state index contributed by atoms with van der Waals surface area (Å²) in [5.74, 6) is 0.352. The van der Waals surface area contributed by atoms with Crippen LogP contribution in [0.15, 0.2) is 60.7 Å². The molecule has 0 saturated carbocycles. The predicted octanol–water partition coefficient (Wildman–Crippen LogP) is 3.02. The number of hydrogen-bond donors (Lipinski definition) is 0. The van der Waals surface area contributed by atoms with Crippen LogP contribution in [0.3, 0.4) is 0 Å². The van der Waals surface area contributed by atoms with Crippen LogP contribution in [0.25, 0.3) is 0 Å². The minimum atomic E-state index is 0.195. The Hall–Kier alpha value is -1.57. The number of benzene rings is 2. The Morgan fingerprint density at radius 3 is 2.36 bits per heavy atom. The van der Waals surface area contributed by atoms with Crippen LogP contribution >= 0.6 is 0 Å². The third kappa shape index (κ3) is 4.00. The van der Waals surface area contributed by atoms with Gasteiger partial charge in [0.25, 0.3) is 0 Å². The maximum atomic E-state index is 12.9. The van der Waals surface area contributed by atoms with Crippen LogP contribution in [0.1, 0.15) is 24.8 Å². The number of rotatable bonds is 4. The van der Waals surface area contributed by atoms with Crippen LogP contribution in [-0.4, -0.2) is 32.3 Å². The van der Waals surface area contributed by atoms with Gasteiger partial charge in [0, 0.05) is 0 Å². The normalized spacial score (nSPS) is 19.0. The summed E-state index contributed by atoms with van der Waals surface area (Å²) < 4.78 is 1.33. The molecular formula is C19H21NOSe. The van der Waals surface area contributed by atoms with Crippen molar-refractivity contribution in [1.29, 1.82) is 0 Å². The van der Waals surface area contributed by atoms with E-state index in [0.717, 1.165) is 32.4 Å². The fraction of sp³-hybridized carbons (Fsp3) is 0.316. The fourth-order valence-electron chi connectivity index (χ4n) is 2.80. The summed E-state index contributed by atoms with van der Waals surface area (Å²) in [5, 5.41) is 0. The summed E-state index contributed by atoms with van der Waals surface area (Å²) in [6, 6.07) is 20.8. The molecule has 0 N–H and O–H groups in total. The van der Waals surface area contributed by atoms with Crippen LogP contribution < -0.4 is 4.46 Å². The van der Waals surface area contributed by atoms with E-state index >= 15 is 0 Å². The Kier molecular flexibility index (Phi) is 5.31. The molecule has 1 aliphatic rings. The zero-order chi connectivity index (χ0) is 15.2. The molecule has 2 nitrogen and oxygen atoms in total. The number of carbonyl (C=O) groups is 1. The van der Waals surface area contributed by atoms with E-state index in [4.69, 9.17) is 0 Å². The quantitative estimate of drug-likeness (QED) is 0.770. The molecule has 1 saturated heterocycles. The van der Waals surface area contributed by atoms with Gasteiger partial charge in [-0.25, -0.2) is 0 Å². The Balaban J connectivity index is 1.70. The monoisotopic (exact) mass is 359 g/mol. The van der Waals surface area contributed by atoms with Crippen molar-refractivity contribution < 1.29 is 4.79 Å². The van der Waals surface area contributed by atoms with E-state index in [9.17, 15) is 4.79 Å². The van der Waals surface area contributed by atoms with Gasteiger partial charge in [0.1, 0.15) is 0 Å². The summed E-state index contributed by atoms with van der Waals surface area (Å²) in [7, 11) is 0. The van der Waals surface area contributed by atoms with Crippen molar-refractivity contribution in [3.8, 4) is 0 Å². The Morgan fingerprint density at radius 1 is 0.955 bits per heavy atom. The first-order chi connectivity index (χ1) is 10.8. The van der Waals surface area contributed by atoms with Crippen molar-refractivity contribution in [3.63, 3.8) is 0 Å². The van der Waals surface area contributed by atoms with Gasteiger partial charge in [0.05, 0.1) is 0 Å². The van der Waals surface area contributed by atoms with Crippen LogP contribution in [0, 0.1) is 0 Å². The number of nitrogens with zero attached hydrogens (tertiary/aromatic N) is 1. The molecule has 0 radical (unpaired) electrons. The van der Waals surface area contributed by atoms with Crippen LogP contribution in [0.4, 0.5) is 0 Å². The van der Waals surface area contributed by atoms with E-state index in [1.165, 1.54) is 10.0 Å². The van der Waals surface area contributed by atoms with E-state index in [-0.39, 0.29) is 19.8 Å². The molecule has 2 aromatic rings. The number of amides is 1. The van der Waals surface area contributed by atoms with Gasteiger partial charge in [-0.3, -0.25) is 0 Å². The van der Waals surface area contributed by atoms with Crippen molar-refractivity contribution in [2.45, 2.75) is 30.6 Å². The molecule has 2 aromatic carbocycles.